The van der Waals surface area contributed by atoms with Crippen molar-refractivity contribution in [3.05, 3.63) is 101 Å². The number of aryl methyl sites for hydroxylation is 2. The van der Waals surface area contributed by atoms with Crippen LogP contribution in [-0.4, -0.2) is 6.61 Å². The molecule has 0 aromatic heterocycles. The number of hydrogen-bond donors (Lipinski definition) is 0. The molecule has 0 N–H and O–H groups in total. The number of rotatable bonds is 8. The van der Waals surface area contributed by atoms with Crippen LogP contribution < -0.4 is 4.74 Å². The van der Waals surface area contributed by atoms with Gasteiger partial charge in [-0.05, 0) is 71.7 Å². The number of nitrogens with zero attached hydrogens (tertiary/aromatic N) is 1. The number of benzene rings is 4. The van der Waals surface area contributed by atoms with Crippen molar-refractivity contribution in [3.8, 4) is 22.9 Å². The molecular weight excluding hydrogens is 435 g/mol. The molecule has 0 fully saturated rings. The van der Waals surface area contributed by atoms with Crippen molar-refractivity contribution in [1.29, 1.82) is 5.26 Å². The molecule has 4 aromatic rings. The van der Waals surface area contributed by atoms with Gasteiger partial charge in [-0.2, -0.15) is 5.26 Å². The average molecular weight is 460 g/mol. The summed E-state index contributed by atoms with van der Waals surface area (Å²) in [6, 6.07) is 19.7. The van der Waals surface area contributed by atoms with Gasteiger partial charge in [0.1, 0.15) is 29.3 Å². The minimum absolute atomic E-state index is 0.00784. The van der Waals surface area contributed by atoms with E-state index >= 15 is 4.39 Å². The van der Waals surface area contributed by atoms with Crippen LogP contribution in [0.25, 0.3) is 21.9 Å². The summed E-state index contributed by atoms with van der Waals surface area (Å²) >= 11 is 0. The fourth-order valence-corrected chi connectivity index (χ4v) is 3.94. The zero-order valence-electron chi connectivity index (χ0n) is 18.9. The first-order chi connectivity index (χ1) is 16.5. The maximum Gasteiger partial charge on any atom is 0.141 e. The molecule has 0 unspecified atom stereocenters. The van der Waals surface area contributed by atoms with Crippen LogP contribution >= 0.6 is 0 Å². The van der Waals surface area contributed by atoms with Gasteiger partial charge in [0, 0.05) is 17.0 Å². The highest BCUT2D eigenvalue weighted by atomic mass is 19.1. The predicted molar refractivity (Wildman–Crippen MR) is 128 cm³/mol. The van der Waals surface area contributed by atoms with Crippen molar-refractivity contribution < 1.29 is 17.9 Å². The predicted octanol–water partition coefficient (Wildman–Crippen LogP) is 7.76. The maximum atomic E-state index is 15.2. The third kappa shape index (κ3) is 5.07. The van der Waals surface area contributed by atoms with E-state index in [9.17, 15) is 8.78 Å². The van der Waals surface area contributed by atoms with Gasteiger partial charge in [-0.25, -0.2) is 13.2 Å². The summed E-state index contributed by atoms with van der Waals surface area (Å²) in [5.41, 5.74) is 2.29. The molecule has 0 amide bonds. The molecular formula is C29H24F3NO. The average Bonchev–Trinajstić information content (AvgIpc) is 2.84. The van der Waals surface area contributed by atoms with Crippen molar-refractivity contribution in [2.24, 2.45) is 0 Å². The molecule has 34 heavy (non-hydrogen) atoms. The van der Waals surface area contributed by atoms with Crippen molar-refractivity contribution in [1.82, 2.24) is 0 Å². The molecule has 0 aliphatic rings. The quantitative estimate of drug-likeness (QED) is 0.252. The van der Waals surface area contributed by atoms with Gasteiger partial charge in [-0.15, -0.1) is 0 Å². The first-order valence-electron chi connectivity index (χ1n) is 11.3. The number of ether oxygens (including phenoxy) is 1. The Morgan fingerprint density at radius 1 is 0.853 bits per heavy atom. The third-order valence-electron chi connectivity index (χ3n) is 5.89. The van der Waals surface area contributed by atoms with Gasteiger partial charge in [0.25, 0.3) is 0 Å². The topological polar surface area (TPSA) is 33.0 Å². The Labute approximate surface area is 197 Å². The second-order valence-electron chi connectivity index (χ2n) is 8.24. The minimum atomic E-state index is -0.570. The number of fused-ring (bicyclic) bond motifs is 1. The molecule has 172 valence electrons. The van der Waals surface area contributed by atoms with Gasteiger partial charge >= 0.3 is 0 Å². The Bertz CT molecular complexity index is 1370. The largest absolute Gasteiger partial charge is 0.493 e. The fraction of sp³-hybridized carbons (Fsp3) is 0.207. The summed E-state index contributed by atoms with van der Waals surface area (Å²) in [6.07, 6.45) is 2.75. The van der Waals surface area contributed by atoms with Crippen LogP contribution in [0.2, 0.25) is 0 Å². The molecule has 5 heteroatoms. The van der Waals surface area contributed by atoms with Gasteiger partial charge in [0.05, 0.1) is 12.2 Å². The van der Waals surface area contributed by atoms with Gasteiger partial charge in [0.2, 0.25) is 0 Å². The van der Waals surface area contributed by atoms with E-state index in [-0.39, 0.29) is 17.2 Å². The lowest BCUT2D eigenvalue weighted by Gasteiger charge is -2.11. The molecule has 0 saturated carbocycles. The van der Waals surface area contributed by atoms with Gasteiger partial charge in [-0.1, -0.05) is 43.7 Å². The summed E-state index contributed by atoms with van der Waals surface area (Å²) in [5.74, 6) is -0.800. The van der Waals surface area contributed by atoms with Crippen LogP contribution in [0.1, 0.15) is 36.5 Å². The summed E-state index contributed by atoms with van der Waals surface area (Å²) in [5, 5.41) is 9.97. The van der Waals surface area contributed by atoms with Crippen molar-refractivity contribution in [3.63, 3.8) is 0 Å². The Balaban J connectivity index is 1.54. The highest BCUT2D eigenvalue weighted by Gasteiger charge is 2.12. The van der Waals surface area contributed by atoms with E-state index in [1.54, 1.807) is 48.5 Å². The van der Waals surface area contributed by atoms with Crippen molar-refractivity contribution >= 4 is 10.8 Å². The normalized spacial score (nSPS) is 10.9. The molecule has 0 aliphatic carbocycles. The molecule has 4 aromatic carbocycles. The molecule has 4 rings (SSSR count). The molecule has 2 nitrogen and oxygen atoms in total. The standard InChI is InChI=1S/C29H24F3NO/c1-2-3-14-34-24-11-13-25(28(31)17-24)21-10-12-26-22(16-21)9-8-20(29(26)32)6-4-19-5-7-23(18-33)27(30)15-19/h5,7-13,15-17H,2-4,6,14H2,1H3. The van der Waals surface area contributed by atoms with E-state index in [4.69, 9.17) is 10.00 Å². The SMILES string of the molecule is CCCCOc1ccc(-c2ccc3c(F)c(CCc4ccc(C#N)c(F)c4)ccc3c2)c(F)c1. The van der Waals surface area contributed by atoms with E-state index in [1.807, 2.05) is 6.07 Å². The number of unbranched alkanes of at least 4 members (excludes halogenated alkanes) is 1. The zero-order chi connectivity index (χ0) is 24.1. The summed E-state index contributed by atoms with van der Waals surface area (Å²) in [4.78, 5) is 0. The highest BCUT2D eigenvalue weighted by molar-refractivity contribution is 5.88. The van der Waals surface area contributed by atoms with Crippen molar-refractivity contribution in [2.45, 2.75) is 32.6 Å². The van der Waals surface area contributed by atoms with E-state index in [2.05, 4.69) is 6.92 Å². The van der Waals surface area contributed by atoms with Crippen LogP contribution in [0, 0.1) is 28.8 Å². The molecule has 0 atom stereocenters. The van der Waals surface area contributed by atoms with Gasteiger partial charge < -0.3 is 4.74 Å². The maximum absolute atomic E-state index is 15.2. The van der Waals surface area contributed by atoms with E-state index in [0.717, 1.165) is 12.8 Å². The minimum Gasteiger partial charge on any atom is -0.493 e. The number of hydrogen-bond acceptors (Lipinski definition) is 2. The molecule has 0 radical (unpaired) electrons. The fourth-order valence-electron chi connectivity index (χ4n) is 3.94. The van der Waals surface area contributed by atoms with Crippen LogP contribution in [0.15, 0.2) is 66.7 Å². The third-order valence-corrected chi connectivity index (χ3v) is 5.89. The Morgan fingerprint density at radius 2 is 1.71 bits per heavy atom. The first kappa shape index (κ1) is 23.4. The van der Waals surface area contributed by atoms with Crippen LogP contribution in [0.4, 0.5) is 13.2 Å². The smallest absolute Gasteiger partial charge is 0.141 e. The van der Waals surface area contributed by atoms with Gasteiger partial charge in [-0.3, -0.25) is 0 Å². The van der Waals surface area contributed by atoms with Crippen LogP contribution in [0.3, 0.4) is 0 Å². The Morgan fingerprint density at radius 3 is 2.44 bits per heavy atom. The monoisotopic (exact) mass is 459 g/mol. The van der Waals surface area contributed by atoms with Crippen LogP contribution in [0.5, 0.6) is 5.75 Å². The first-order valence-corrected chi connectivity index (χ1v) is 11.3. The van der Waals surface area contributed by atoms with E-state index in [0.29, 0.717) is 58.2 Å². The lowest BCUT2D eigenvalue weighted by molar-refractivity contribution is 0.308. The molecule has 0 saturated heterocycles. The lowest BCUT2D eigenvalue weighted by Crippen LogP contribution is -1.98. The van der Waals surface area contributed by atoms with E-state index in [1.165, 1.54) is 18.2 Å². The van der Waals surface area contributed by atoms with Gasteiger partial charge in [0.15, 0.2) is 0 Å². The number of halogens is 3. The second-order valence-corrected chi connectivity index (χ2v) is 8.24. The zero-order valence-corrected chi connectivity index (χ0v) is 18.9. The molecule has 0 bridgehead atoms. The second kappa shape index (κ2) is 10.4. The van der Waals surface area contributed by atoms with Crippen LogP contribution in [-0.2, 0) is 12.8 Å². The number of nitriles is 1. The summed E-state index contributed by atoms with van der Waals surface area (Å²) in [6.45, 7) is 2.61. The van der Waals surface area contributed by atoms with Crippen molar-refractivity contribution in [2.75, 3.05) is 6.61 Å². The molecule has 0 heterocycles. The molecule has 0 spiro atoms. The summed E-state index contributed by atoms with van der Waals surface area (Å²) in [7, 11) is 0. The summed E-state index contributed by atoms with van der Waals surface area (Å²) < 4.78 is 49.3. The Kier molecular flexibility index (Phi) is 7.18. The Hall–Kier alpha value is -3.78. The highest BCUT2D eigenvalue weighted by Crippen LogP contribution is 2.31. The van der Waals surface area contributed by atoms with E-state index < -0.39 is 5.82 Å². The molecule has 0 aliphatic heterocycles. The lowest BCUT2D eigenvalue weighted by atomic mass is 9.96.